The predicted molar refractivity (Wildman–Crippen MR) is 145 cm³/mol. The van der Waals surface area contributed by atoms with Gasteiger partial charge in [-0.2, -0.15) is 0 Å². The van der Waals surface area contributed by atoms with Crippen molar-refractivity contribution in [3.63, 3.8) is 0 Å². The van der Waals surface area contributed by atoms with Crippen LogP contribution in [0.1, 0.15) is 101 Å². The molecule has 2 nitrogen and oxygen atoms in total. The number of aromatic hydroxyl groups is 1. The lowest BCUT2D eigenvalue weighted by Gasteiger charge is -2.26. The summed E-state index contributed by atoms with van der Waals surface area (Å²) in [6.07, 6.45) is 1.25. The first-order valence-electron chi connectivity index (χ1n) is 12.3. The van der Waals surface area contributed by atoms with Gasteiger partial charge < -0.3 is 9.84 Å². The molecule has 0 aliphatic heterocycles. The van der Waals surface area contributed by atoms with Gasteiger partial charge in [-0.05, 0) is 49.2 Å². The highest BCUT2D eigenvalue weighted by molar-refractivity contribution is 5.41. The van der Waals surface area contributed by atoms with Crippen LogP contribution in [0.25, 0.3) is 0 Å². The third-order valence-electron chi connectivity index (χ3n) is 4.06. The van der Waals surface area contributed by atoms with E-state index < -0.39 is 0 Å². The van der Waals surface area contributed by atoms with Gasteiger partial charge in [0.2, 0.25) is 0 Å². The molecule has 0 radical (unpaired) electrons. The Hall–Kier alpha value is -2.40. The van der Waals surface area contributed by atoms with Crippen LogP contribution < -0.4 is 4.74 Å². The summed E-state index contributed by atoms with van der Waals surface area (Å²) < 4.78 is 5.77. The Morgan fingerprint density at radius 2 is 1.19 bits per heavy atom. The molecule has 1 unspecified atom stereocenters. The zero-order valence-electron chi connectivity index (χ0n) is 23.0. The first-order valence-corrected chi connectivity index (χ1v) is 12.3. The molecular weight excluding hydrogens is 392 g/mol. The van der Waals surface area contributed by atoms with Gasteiger partial charge in [0.15, 0.2) is 0 Å². The second-order valence-electron chi connectivity index (χ2n) is 7.01. The van der Waals surface area contributed by atoms with Crippen LogP contribution in [0.3, 0.4) is 0 Å². The van der Waals surface area contributed by atoms with Crippen LogP contribution in [0.2, 0.25) is 0 Å². The molecule has 0 saturated heterocycles. The van der Waals surface area contributed by atoms with Crippen molar-refractivity contribution >= 4 is 0 Å². The van der Waals surface area contributed by atoms with Crippen LogP contribution in [-0.4, -0.2) is 11.7 Å². The van der Waals surface area contributed by atoms with E-state index in [1.54, 1.807) is 12.1 Å². The summed E-state index contributed by atoms with van der Waals surface area (Å²) in [7, 11) is 0. The van der Waals surface area contributed by atoms with Gasteiger partial charge in [0.05, 0.1) is 5.92 Å². The Kier molecular flexibility index (Phi) is 23.3. The first kappa shape index (κ1) is 34.2. The number of benzene rings is 2. The second kappa shape index (κ2) is 21.8. The van der Waals surface area contributed by atoms with Gasteiger partial charge in [-0.1, -0.05) is 106 Å². The van der Waals surface area contributed by atoms with Gasteiger partial charge in [-0.25, -0.2) is 0 Å². The second-order valence-corrected chi connectivity index (χ2v) is 7.01. The van der Waals surface area contributed by atoms with E-state index in [1.165, 1.54) is 12.0 Å². The summed E-state index contributed by atoms with van der Waals surface area (Å²) in [5, 5.41) is 9.45. The maximum atomic E-state index is 9.45. The molecule has 0 fully saturated rings. The lowest BCUT2D eigenvalue weighted by Crippen LogP contribution is -2.18. The molecule has 0 heterocycles. The van der Waals surface area contributed by atoms with Gasteiger partial charge in [0.1, 0.15) is 18.1 Å². The van der Waals surface area contributed by atoms with Crippen LogP contribution in [0, 0.1) is 17.8 Å². The van der Waals surface area contributed by atoms with Crippen molar-refractivity contribution in [2.45, 2.75) is 94.9 Å². The third kappa shape index (κ3) is 13.8. The highest BCUT2D eigenvalue weighted by Crippen LogP contribution is 2.33. The van der Waals surface area contributed by atoms with Crippen LogP contribution in [0.4, 0.5) is 0 Å². The highest BCUT2D eigenvalue weighted by Gasteiger charge is 2.23. The fourth-order valence-corrected chi connectivity index (χ4v) is 2.52. The largest absolute Gasteiger partial charge is 0.508 e. The Morgan fingerprint density at radius 1 is 0.812 bits per heavy atom. The SMILES string of the molecule is CC.CC.CC.CC#CC(C)COc1ccc(C(C)(C)c2ccc(O)cc2)cc1.CCC. The van der Waals surface area contributed by atoms with E-state index in [0.717, 1.165) is 11.3 Å². The molecule has 0 aromatic heterocycles. The van der Waals surface area contributed by atoms with E-state index in [2.05, 4.69) is 58.6 Å². The van der Waals surface area contributed by atoms with E-state index >= 15 is 0 Å². The van der Waals surface area contributed by atoms with Crippen LogP contribution >= 0.6 is 0 Å². The van der Waals surface area contributed by atoms with Crippen molar-refractivity contribution < 1.29 is 9.84 Å². The van der Waals surface area contributed by atoms with Crippen molar-refractivity contribution in [3.05, 3.63) is 59.7 Å². The predicted octanol–water partition coefficient (Wildman–Crippen LogP) is 9.25. The summed E-state index contributed by atoms with van der Waals surface area (Å²) in [5.74, 6) is 7.37. The number of ether oxygens (including phenoxy) is 1. The Bertz CT molecular complexity index is 701. The molecule has 0 amide bonds. The van der Waals surface area contributed by atoms with E-state index in [-0.39, 0.29) is 17.1 Å². The minimum absolute atomic E-state index is 0.132. The normalized spacial score (nSPS) is 9.88. The Balaban J connectivity index is -0.000000822. The van der Waals surface area contributed by atoms with E-state index in [0.29, 0.717) is 6.61 Å². The number of hydrogen-bond acceptors (Lipinski definition) is 2. The van der Waals surface area contributed by atoms with Gasteiger partial charge >= 0.3 is 0 Å². The molecule has 0 aliphatic rings. The average Bonchev–Trinajstić information content (AvgIpc) is 2.83. The molecule has 1 N–H and O–H groups in total. The van der Waals surface area contributed by atoms with Crippen LogP contribution in [0.15, 0.2) is 48.5 Å². The monoisotopic (exact) mass is 442 g/mol. The molecule has 0 saturated carbocycles. The number of phenolic OH excluding ortho intramolecular Hbond substituents is 1. The van der Waals surface area contributed by atoms with Crippen molar-refractivity contribution in [2.24, 2.45) is 5.92 Å². The molecule has 2 rings (SSSR count). The fraction of sp³-hybridized carbons (Fsp3) is 0.533. The topological polar surface area (TPSA) is 29.5 Å². The van der Waals surface area contributed by atoms with Crippen LogP contribution in [-0.2, 0) is 5.41 Å². The molecular formula is C30H50O2. The maximum absolute atomic E-state index is 9.45. The summed E-state index contributed by atoms with van der Waals surface area (Å²) in [6, 6.07) is 15.6. The molecule has 0 spiro atoms. The van der Waals surface area contributed by atoms with E-state index in [4.69, 9.17) is 4.74 Å². The minimum Gasteiger partial charge on any atom is -0.508 e. The van der Waals surface area contributed by atoms with Crippen molar-refractivity contribution in [2.75, 3.05) is 6.61 Å². The maximum Gasteiger partial charge on any atom is 0.119 e. The summed E-state index contributed by atoms with van der Waals surface area (Å²) >= 11 is 0. The lowest BCUT2D eigenvalue weighted by molar-refractivity contribution is 0.289. The zero-order chi connectivity index (χ0) is 25.6. The summed E-state index contributed by atoms with van der Waals surface area (Å²) in [6.45, 7) is 25.1. The van der Waals surface area contributed by atoms with Gasteiger partial charge in [0.25, 0.3) is 0 Å². The summed E-state index contributed by atoms with van der Waals surface area (Å²) in [4.78, 5) is 0. The van der Waals surface area contributed by atoms with Gasteiger partial charge in [-0.15, -0.1) is 5.92 Å². The zero-order valence-corrected chi connectivity index (χ0v) is 23.0. The Labute approximate surface area is 200 Å². The number of rotatable bonds is 5. The van der Waals surface area contributed by atoms with Crippen molar-refractivity contribution in [1.29, 1.82) is 0 Å². The number of phenols is 1. The molecule has 1 atom stereocenters. The minimum atomic E-state index is -0.132. The molecule has 2 aromatic rings. The van der Waals surface area contributed by atoms with Crippen molar-refractivity contribution in [3.8, 4) is 23.3 Å². The number of hydrogen-bond donors (Lipinski definition) is 1. The molecule has 2 heteroatoms. The van der Waals surface area contributed by atoms with E-state index in [9.17, 15) is 5.11 Å². The fourth-order valence-electron chi connectivity index (χ4n) is 2.52. The first-order chi connectivity index (χ1) is 15.3. The highest BCUT2D eigenvalue weighted by atomic mass is 16.5. The molecule has 32 heavy (non-hydrogen) atoms. The van der Waals surface area contributed by atoms with Crippen LogP contribution in [0.5, 0.6) is 11.5 Å². The average molecular weight is 443 g/mol. The summed E-state index contributed by atoms with van der Waals surface area (Å²) in [5.41, 5.74) is 2.24. The molecule has 182 valence electrons. The van der Waals surface area contributed by atoms with Gasteiger partial charge in [-0.3, -0.25) is 0 Å². The van der Waals surface area contributed by atoms with Gasteiger partial charge in [0, 0.05) is 5.41 Å². The molecule has 0 aliphatic carbocycles. The lowest BCUT2D eigenvalue weighted by atomic mass is 9.78. The quantitative estimate of drug-likeness (QED) is 0.467. The molecule has 2 aromatic carbocycles. The van der Waals surface area contributed by atoms with Crippen molar-refractivity contribution in [1.82, 2.24) is 0 Å². The standard InChI is InChI=1S/C21H24O2.C3H8.3C2H6/c1-5-6-16(2)15-23-20-13-9-18(10-14-20)21(3,4)17-7-11-19(22)12-8-17;1-3-2;3*1-2/h7-14,16,22H,15H2,1-4H3;3H2,1-2H3;3*1-2H3. The third-order valence-corrected chi connectivity index (χ3v) is 4.06. The molecule has 0 bridgehead atoms. The van der Waals surface area contributed by atoms with E-state index in [1.807, 2.05) is 72.7 Å². The Morgan fingerprint density at radius 3 is 1.56 bits per heavy atom. The smallest absolute Gasteiger partial charge is 0.119 e.